The van der Waals surface area contributed by atoms with Gasteiger partial charge in [-0.2, -0.15) is 0 Å². The highest BCUT2D eigenvalue weighted by Gasteiger charge is 2.08. The molecule has 0 aliphatic rings. The highest BCUT2D eigenvalue weighted by molar-refractivity contribution is 9.10. The topological polar surface area (TPSA) is 26.3 Å². The van der Waals surface area contributed by atoms with Crippen LogP contribution < -0.4 is 4.74 Å². The van der Waals surface area contributed by atoms with Crippen LogP contribution in [0.15, 0.2) is 22.7 Å². The predicted molar refractivity (Wildman–Crippen MR) is 59.9 cm³/mol. The molecule has 0 aliphatic heterocycles. The number of carbonyl (C=O) groups excluding carboxylic acids is 1. The fourth-order valence-corrected chi connectivity index (χ4v) is 1.46. The van der Waals surface area contributed by atoms with Gasteiger partial charge in [0.25, 0.3) is 0 Å². The van der Waals surface area contributed by atoms with Crippen LogP contribution >= 0.6 is 15.9 Å². The van der Waals surface area contributed by atoms with Crippen LogP contribution in [0, 0.1) is 0 Å². The minimum atomic E-state index is 0.160. The zero-order chi connectivity index (χ0) is 10.6. The lowest BCUT2D eigenvalue weighted by Gasteiger charge is -2.14. The van der Waals surface area contributed by atoms with Crippen LogP contribution in [-0.4, -0.2) is 12.4 Å². The second-order valence-corrected chi connectivity index (χ2v) is 3.91. The van der Waals surface area contributed by atoms with Crippen LogP contribution in [-0.2, 0) is 0 Å². The van der Waals surface area contributed by atoms with Crippen LogP contribution in [0.4, 0.5) is 0 Å². The molecule has 0 radical (unpaired) electrons. The van der Waals surface area contributed by atoms with Crippen LogP contribution in [0.25, 0.3) is 0 Å². The molecule has 2 nitrogen and oxygen atoms in total. The van der Waals surface area contributed by atoms with Gasteiger partial charge in [-0.25, -0.2) is 0 Å². The monoisotopic (exact) mass is 256 g/mol. The van der Waals surface area contributed by atoms with Gasteiger partial charge in [-0.3, -0.25) is 4.79 Å². The Balaban J connectivity index is 2.92. The van der Waals surface area contributed by atoms with Crippen molar-refractivity contribution in [2.24, 2.45) is 0 Å². The average molecular weight is 257 g/mol. The third-order valence-electron chi connectivity index (χ3n) is 2.02. The lowest BCUT2D eigenvalue weighted by Crippen LogP contribution is -2.10. The molecule has 76 valence electrons. The first-order chi connectivity index (χ1) is 6.69. The molecule has 1 atom stereocenters. The zero-order valence-electron chi connectivity index (χ0n) is 8.29. The number of rotatable bonds is 4. The van der Waals surface area contributed by atoms with Crippen molar-refractivity contribution in [3.63, 3.8) is 0 Å². The summed E-state index contributed by atoms with van der Waals surface area (Å²) in [6.45, 7) is 4.06. The lowest BCUT2D eigenvalue weighted by molar-refractivity contribution is 0.112. The Labute approximate surface area is 92.4 Å². The van der Waals surface area contributed by atoms with Crippen LogP contribution in [0.5, 0.6) is 5.75 Å². The largest absolute Gasteiger partial charge is 0.490 e. The highest BCUT2D eigenvalue weighted by Crippen LogP contribution is 2.28. The Morgan fingerprint density at radius 3 is 2.86 bits per heavy atom. The molecular weight excluding hydrogens is 244 g/mol. The SMILES string of the molecule is CCC(C)Oc1cccc(C=O)c1Br. The van der Waals surface area contributed by atoms with Gasteiger partial charge >= 0.3 is 0 Å². The Morgan fingerprint density at radius 2 is 2.29 bits per heavy atom. The molecule has 3 heteroatoms. The van der Waals surface area contributed by atoms with Crippen molar-refractivity contribution in [3.05, 3.63) is 28.2 Å². The summed E-state index contributed by atoms with van der Waals surface area (Å²) < 4.78 is 6.36. The van der Waals surface area contributed by atoms with E-state index in [1.165, 1.54) is 0 Å². The molecule has 0 saturated heterocycles. The van der Waals surface area contributed by atoms with Gasteiger partial charge in [0, 0.05) is 5.56 Å². The molecule has 0 heterocycles. The maximum absolute atomic E-state index is 10.6. The molecule has 0 fully saturated rings. The minimum absolute atomic E-state index is 0.160. The van der Waals surface area contributed by atoms with E-state index in [-0.39, 0.29) is 6.10 Å². The molecule has 0 N–H and O–H groups in total. The molecule has 0 amide bonds. The molecule has 14 heavy (non-hydrogen) atoms. The summed E-state index contributed by atoms with van der Waals surface area (Å²) in [6, 6.07) is 5.41. The fraction of sp³-hybridized carbons (Fsp3) is 0.364. The molecule has 0 spiro atoms. The van der Waals surface area contributed by atoms with Crippen LogP contribution in [0.2, 0.25) is 0 Å². The zero-order valence-corrected chi connectivity index (χ0v) is 9.87. The van der Waals surface area contributed by atoms with E-state index in [9.17, 15) is 4.79 Å². The first-order valence-corrected chi connectivity index (χ1v) is 5.38. The number of carbonyl (C=O) groups is 1. The summed E-state index contributed by atoms with van der Waals surface area (Å²) >= 11 is 3.34. The molecular formula is C11H13BrO2. The van der Waals surface area contributed by atoms with Crippen molar-refractivity contribution in [2.75, 3.05) is 0 Å². The van der Waals surface area contributed by atoms with E-state index in [4.69, 9.17) is 4.74 Å². The van der Waals surface area contributed by atoms with E-state index in [0.29, 0.717) is 5.56 Å². The maximum atomic E-state index is 10.6. The van der Waals surface area contributed by atoms with Gasteiger partial charge in [0.15, 0.2) is 6.29 Å². The number of halogens is 1. The Bertz CT molecular complexity index is 323. The normalized spacial score (nSPS) is 12.2. The minimum Gasteiger partial charge on any atom is -0.490 e. The first-order valence-electron chi connectivity index (χ1n) is 4.59. The molecule has 1 rings (SSSR count). The molecule has 0 bridgehead atoms. The van der Waals surface area contributed by atoms with Crippen molar-refractivity contribution in [2.45, 2.75) is 26.4 Å². The van der Waals surface area contributed by atoms with Gasteiger partial charge in [0.05, 0.1) is 10.6 Å². The van der Waals surface area contributed by atoms with Crippen molar-refractivity contribution < 1.29 is 9.53 Å². The van der Waals surface area contributed by atoms with Crippen molar-refractivity contribution >= 4 is 22.2 Å². The molecule has 1 unspecified atom stereocenters. The number of aldehydes is 1. The highest BCUT2D eigenvalue weighted by atomic mass is 79.9. The summed E-state index contributed by atoms with van der Waals surface area (Å²) in [6.07, 6.45) is 1.92. The average Bonchev–Trinajstić information content (AvgIpc) is 2.21. The van der Waals surface area contributed by atoms with Gasteiger partial charge in [0.2, 0.25) is 0 Å². The van der Waals surface area contributed by atoms with Gasteiger partial charge < -0.3 is 4.74 Å². The number of hydrogen-bond donors (Lipinski definition) is 0. The van der Waals surface area contributed by atoms with Gasteiger partial charge in [0.1, 0.15) is 5.75 Å². The molecule has 1 aromatic rings. The summed E-state index contributed by atoms with van der Waals surface area (Å²) in [5.41, 5.74) is 0.616. The van der Waals surface area contributed by atoms with E-state index in [1.54, 1.807) is 6.07 Å². The van der Waals surface area contributed by atoms with E-state index in [0.717, 1.165) is 22.9 Å². The second-order valence-electron chi connectivity index (χ2n) is 3.11. The molecule has 0 aliphatic carbocycles. The number of hydrogen-bond acceptors (Lipinski definition) is 2. The molecule has 1 aromatic carbocycles. The van der Waals surface area contributed by atoms with E-state index >= 15 is 0 Å². The van der Waals surface area contributed by atoms with Gasteiger partial charge in [-0.1, -0.05) is 19.1 Å². The number of benzene rings is 1. The van der Waals surface area contributed by atoms with Crippen LogP contribution in [0.1, 0.15) is 30.6 Å². The van der Waals surface area contributed by atoms with Crippen molar-refractivity contribution in [1.29, 1.82) is 0 Å². The van der Waals surface area contributed by atoms with E-state index in [1.807, 2.05) is 19.1 Å². The lowest BCUT2D eigenvalue weighted by atomic mass is 10.2. The standard InChI is InChI=1S/C11H13BrO2/c1-3-8(2)14-10-6-4-5-9(7-13)11(10)12/h4-8H,3H2,1-2H3. The van der Waals surface area contributed by atoms with E-state index < -0.39 is 0 Å². The van der Waals surface area contributed by atoms with Gasteiger partial charge in [-0.05, 0) is 35.3 Å². The van der Waals surface area contributed by atoms with Gasteiger partial charge in [-0.15, -0.1) is 0 Å². The van der Waals surface area contributed by atoms with E-state index in [2.05, 4.69) is 22.9 Å². The summed E-state index contributed by atoms with van der Waals surface area (Å²) in [5.74, 6) is 0.726. The molecule has 0 aromatic heterocycles. The van der Waals surface area contributed by atoms with Crippen molar-refractivity contribution in [1.82, 2.24) is 0 Å². The molecule has 0 saturated carbocycles. The van der Waals surface area contributed by atoms with Crippen LogP contribution in [0.3, 0.4) is 0 Å². The maximum Gasteiger partial charge on any atom is 0.151 e. The quantitative estimate of drug-likeness (QED) is 0.772. The Hall–Kier alpha value is -0.830. The van der Waals surface area contributed by atoms with Crippen molar-refractivity contribution in [3.8, 4) is 5.75 Å². The third kappa shape index (κ3) is 2.58. The smallest absolute Gasteiger partial charge is 0.151 e. The summed E-state index contributed by atoms with van der Waals surface area (Å²) in [4.78, 5) is 10.6. The Morgan fingerprint density at radius 1 is 1.57 bits per heavy atom. The third-order valence-corrected chi connectivity index (χ3v) is 2.87. The Kier molecular flexibility index (Phi) is 4.14. The number of ether oxygens (including phenoxy) is 1. The predicted octanol–water partition coefficient (Wildman–Crippen LogP) is 3.44. The first kappa shape index (κ1) is 11.2. The summed E-state index contributed by atoms with van der Waals surface area (Å²) in [7, 11) is 0. The summed E-state index contributed by atoms with van der Waals surface area (Å²) in [5, 5.41) is 0. The fourth-order valence-electron chi connectivity index (χ4n) is 1.01. The second kappa shape index (κ2) is 5.15.